The van der Waals surface area contributed by atoms with Gasteiger partial charge in [-0.05, 0) is 41.9 Å². The maximum atomic E-state index is 12.3. The van der Waals surface area contributed by atoms with Crippen LogP contribution in [0, 0.1) is 5.92 Å². The number of carbonyl (C=O) groups is 1. The predicted molar refractivity (Wildman–Crippen MR) is 104 cm³/mol. The Labute approximate surface area is 157 Å². The van der Waals surface area contributed by atoms with Crippen LogP contribution in [-0.2, 0) is 15.6 Å². The molecule has 1 aliphatic heterocycles. The van der Waals surface area contributed by atoms with Crippen molar-refractivity contribution < 1.29 is 13.2 Å². The molecule has 1 saturated heterocycles. The Hall–Kier alpha value is -1.44. The average Bonchev–Trinajstić information content (AvgIpc) is 2.59. The summed E-state index contributed by atoms with van der Waals surface area (Å²) in [4.78, 5) is 12.3. The van der Waals surface area contributed by atoms with Crippen molar-refractivity contribution in [3.8, 4) is 0 Å². The van der Waals surface area contributed by atoms with Gasteiger partial charge in [-0.1, -0.05) is 32.9 Å². The van der Waals surface area contributed by atoms with Crippen LogP contribution in [0.5, 0.6) is 0 Å². The van der Waals surface area contributed by atoms with Gasteiger partial charge in [0.15, 0.2) is 0 Å². The zero-order valence-electron chi connectivity index (χ0n) is 16.4. The minimum absolute atomic E-state index is 0.0653. The first-order chi connectivity index (χ1) is 12.0. The zero-order valence-corrected chi connectivity index (χ0v) is 17.3. The Morgan fingerprint density at radius 3 is 2.15 bits per heavy atom. The molecule has 1 aromatic carbocycles. The topological polar surface area (TPSA) is 69.7 Å². The van der Waals surface area contributed by atoms with Crippen LogP contribution in [0.15, 0.2) is 24.3 Å². The molecule has 26 heavy (non-hydrogen) atoms. The van der Waals surface area contributed by atoms with Gasteiger partial charge in [0.1, 0.15) is 0 Å². The standard InChI is InChI=1S/C19H31N3O3S/c1-19(2,3)17-8-6-16(7-9-17)18(23)20-14-15-10-12-22(13-11-15)26(24,25)21(4)5/h6-9,15H,10-14H2,1-5H3,(H,20,23). The first-order valence-corrected chi connectivity index (χ1v) is 10.5. The minimum atomic E-state index is -3.33. The van der Waals surface area contributed by atoms with Gasteiger partial charge in [0.25, 0.3) is 16.1 Å². The molecule has 0 bridgehead atoms. The predicted octanol–water partition coefficient (Wildman–Crippen LogP) is 2.23. The van der Waals surface area contributed by atoms with Crippen molar-refractivity contribution in [3.63, 3.8) is 0 Å². The van der Waals surface area contributed by atoms with Crippen molar-refractivity contribution >= 4 is 16.1 Å². The van der Waals surface area contributed by atoms with Crippen LogP contribution in [0.1, 0.15) is 49.5 Å². The normalized spacial score (nSPS) is 17.5. The number of nitrogens with one attached hydrogen (secondary N) is 1. The Morgan fingerprint density at radius 1 is 1.15 bits per heavy atom. The first kappa shape index (κ1) is 20.9. The fraction of sp³-hybridized carbons (Fsp3) is 0.632. The number of benzene rings is 1. The van der Waals surface area contributed by atoms with E-state index < -0.39 is 10.2 Å². The summed E-state index contributed by atoms with van der Waals surface area (Å²) in [7, 11) is -0.238. The third-order valence-corrected chi connectivity index (χ3v) is 6.87. The zero-order chi connectivity index (χ0) is 19.5. The van der Waals surface area contributed by atoms with Crippen molar-refractivity contribution in [3.05, 3.63) is 35.4 Å². The van der Waals surface area contributed by atoms with E-state index in [1.165, 1.54) is 14.2 Å². The molecule has 0 aliphatic carbocycles. The molecule has 0 aromatic heterocycles. The highest BCUT2D eigenvalue weighted by Crippen LogP contribution is 2.22. The summed E-state index contributed by atoms with van der Waals surface area (Å²) in [5, 5.41) is 2.99. The van der Waals surface area contributed by atoms with Gasteiger partial charge >= 0.3 is 0 Å². The molecule has 1 N–H and O–H groups in total. The van der Waals surface area contributed by atoms with Crippen LogP contribution < -0.4 is 5.32 Å². The van der Waals surface area contributed by atoms with Gasteiger partial charge in [0, 0.05) is 39.3 Å². The molecule has 1 amide bonds. The molecule has 6 nitrogen and oxygen atoms in total. The molecule has 1 aromatic rings. The molecule has 0 unspecified atom stereocenters. The summed E-state index contributed by atoms with van der Waals surface area (Å²) in [5.41, 5.74) is 1.92. The third-order valence-electron chi connectivity index (χ3n) is 4.93. The molecule has 7 heteroatoms. The summed E-state index contributed by atoms with van der Waals surface area (Å²) in [6.07, 6.45) is 1.52. The van der Waals surface area contributed by atoms with E-state index in [4.69, 9.17) is 0 Å². The fourth-order valence-electron chi connectivity index (χ4n) is 3.04. The van der Waals surface area contributed by atoms with E-state index in [1.807, 2.05) is 24.3 Å². The van der Waals surface area contributed by atoms with Crippen LogP contribution in [0.2, 0.25) is 0 Å². The van der Waals surface area contributed by atoms with Gasteiger partial charge in [-0.25, -0.2) is 0 Å². The number of hydrogen-bond acceptors (Lipinski definition) is 3. The Morgan fingerprint density at radius 2 is 1.69 bits per heavy atom. The van der Waals surface area contributed by atoms with Crippen LogP contribution in [-0.4, -0.2) is 56.7 Å². The smallest absolute Gasteiger partial charge is 0.281 e. The van der Waals surface area contributed by atoms with Crippen LogP contribution in [0.25, 0.3) is 0 Å². The highest BCUT2D eigenvalue weighted by Gasteiger charge is 2.29. The number of hydrogen-bond donors (Lipinski definition) is 1. The summed E-state index contributed by atoms with van der Waals surface area (Å²) in [6, 6.07) is 7.73. The van der Waals surface area contributed by atoms with Crippen molar-refractivity contribution in [2.24, 2.45) is 5.92 Å². The number of amides is 1. The van der Waals surface area contributed by atoms with Crippen LogP contribution in [0.4, 0.5) is 0 Å². The molecule has 0 saturated carbocycles. The van der Waals surface area contributed by atoms with Crippen LogP contribution in [0.3, 0.4) is 0 Å². The third kappa shape index (κ3) is 5.05. The van der Waals surface area contributed by atoms with E-state index in [0.717, 1.165) is 12.8 Å². The molecule has 0 radical (unpaired) electrons. The van der Waals surface area contributed by atoms with Crippen molar-refractivity contribution in [1.29, 1.82) is 0 Å². The average molecular weight is 382 g/mol. The lowest BCUT2D eigenvalue weighted by molar-refractivity contribution is 0.0941. The molecule has 0 atom stereocenters. The molecular formula is C19H31N3O3S. The molecule has 1 fully saturated rings. The lowest BCUT2D eigenvalue weighted by Gasteiger charge is -2.32. The van der Waals surface area contributed by atoms with E-state index in [-0.39, 0.29) is 11.3 Å². The molecule has 1 aliphatic rings. The van der Waals surface area contributed by atoms with Crippen molar-refractivity contribution in [1.82, 2.24) is 13.9 Å². The van der Waals surface area contributed by atoms with Crippen molar-refractivity contribution in [2.75, 3.05) is 33.7 Å². The second-order valence-corrected chi connectivity index (χ2v) is 10.3. The molecule has 146 valence electrons. The second-order valence-electron chi connectivity index (χ2n) is 8.17. The van der Waals surface area contributed by atoms with E-state index >= 15 is 0 Å². The maximum absolute atomic E-state index is 12.3. The van der Waals surface area contributed by atoms with Gasteiger partial charge in [0.2, 0.25) is 0 Å². The van der Waals surface area contributed by atoms with Crippen molar-refractivity contribution in [2.45, 2.75) is 39.0 Å². The quantitative estimate of drug-likeness (QED) is 0.850. The monoisotopic (exact) mass is 381 g/mol. The molecule has 0 spiro atoms. The Balaban J connectivity index is 1.84. The van der Waals surface area contributed by atoms with E-state index in [0.29, 0.717) is 31.1 Å². The van der Waals surface area contributed by atoms with Gasteiger partial charge in [-0.15, -0.1) is 0 Å². The molecule has 1 heterocycles. The summed E-state index contributed by atoms with van der Waals surface area (Å²) in [5.74, 6) is 0.232. The second kappa shape index (κ2) is 8.06. The van der Waals surface area contributed by atoms with E-state index in [2.05, 4.69) is 26.1 Å². The number of nitrogens with zero attached hydrogens (tertiary/aromatic N) is 2. The largest absolute Gasteiger partial charge is 0.352 e. The van der Waals surface area contributed by atoms with Crippen LogP contribution >= 0.6 is 0 Å². The maximum Gasteiger partial charge on any atom is 0.281 e. The fourth-order valence-corrected chi connectivity index (χ4v) is 4.17. The van der Waals surface area contributed by atoms with E-state index in [1.54, 1.807) is 14.1 Å². The summed E-state index contributed by atoms with van der Waals surface area (Å²) >= 11 is 0. The summed E-state index contributed by atoms with van der Waals surface area (Å²) in [6.45, 7) is 8.01. The van der Waals surface area contributed by atoms with E-state index in [9.17, 15) is 13.2 Å². The SMILES string of the molecule is CN(C)S(=O)(=O)N1CCC(CNC(=O)c2ccc(C(C)(C)C)cc2)CC1. The van der Waals surface area contributed by atoms with Gasteiger partial charge in [-0.3, -0.25) is 4.79 Å². The Kier molecular flexibility index (Phi) is 6.47. The van der Waals surface area contributed by atoms with Gasteiger partial charge in [0.05, 0.1) is 0 Å². The minimum Gasteiger partial charge on any atom is -0.352 e. The number of rotatable bonds is 5. The Bertz CT molecular complexity index is 713. The van der Waals surface area contributed by atoms with Gasteiger partial charge in [-0.2, -0.15) is 17.0 Å². The lowest BCUT2D eigenvalue weighted by Crippen LogP contribution is -2.45. The number of piperidine rings is 1. The van der Waals surface area contributed by atoms with Gasteiger partial charge < -0.3 is 5.32 Å². The molecular weight excluding hydrogens is 350 g/mol. The molecule has 2 rings (SSSR count). The summed E-state index contributed by atoms with van der Waals surface area (Å²) < 4.78 is 27.0. The lowest BCUT2D eigenvalue weighted by atomic mass is 9.86. The highest BCUT2D eigenvalue weighted by molar-refractivity contribution is 7.86. The number of carbonyl (C=O) groups excluding carboxylic acids is 1. The highest BCUT2D eigenvalue weighted by atomic mass is 32.2. The first-order valence-electron chi connectivity index (χ1n) is 9.08.